The van der Waals surface area contributed by atoms with E-state index in [1.54, 1.807) is 52.5 Å². The summed E-state index contributed by atoms with van der Waals surface area (Å²) in [5.41, 5.74) is 2.40. The summed E-state index contributed by atoms with van der Waals surface area (Å²) in [5, 5.41) is 2.54. The Bertz CT molecular complexity index is 1650. The van der Waals surface area contributed by atoms with Crippen LogP contribution in [0, 0.1) is 6.92 Å². The maximum Gasteiger partial charge on any atom is 0.414 e. The van der Waals surface area contributed by atoms with Crippen LogP contribution in [-0.2, 0) is 25.5 Å². The van der Waals surface area contributed by atoms with Crippen molar-refractivity contribution in [2.45, 2.75) is 98.4 Å². The predicted octanol–water partition coefficient (Wildman–Crippen LogP) is 6.42. The summed E-state index contributed by atoms with van der Waals surface area (Å²) >= 11 is 0. The largest absolute Gasteiger partial charge is 0.478 e. The Labute approximate surface area is 288 Å². The average molecular weight is 674 g/mol. The van der Waals surface area contributed by atoms with Gasteiger partial charge >= 0.3 is 12.1 Å². The Morgan fingerprint density at radius 1 is 1.00 bits per heavy atom. The van der Waals surface area contributed by atoms with Gasteiger partial charge in [0.15, 0.2) is 0 Å². The van der Waals surface area contributed by atoms with Gasteiger partial charge in [0, 0.05) is 23.8 Å². The van der Waals surface area contributed by atoms with Gasteiger partial charge in [-0.3, -0.25) is 19.7 Å². The highest BCUT2D eigenvalue weighted by Crippen LogP contribution is 2.38. The van der Waals surface area contributed by atoms with Crippen LogP contribution in [0.2, 0.25) is 0 Å². The van der Waals surface area contributed by atoms with E-state index >= 15 is 0 Å². The molecule has 0 aliphatic carbocycles. The summed E-state index contributed by atoms with van der Waals surface area (Å²) in [6, 6.07) is 14.6. The first-order valence-electron chi connectivity index (χ1n) is 16.7. The van der Waals surface area contributed by atoms with Crippen molar-refractivity contribution in [3.8, 4) is 5.88 Å². The van der Waals surface area contributed by atoms with Crippen LogP contribution in [0.1, 0.15) is 94.5 Å². The van der Waals surface area contributed by atoms with Crippen LogP contribution < -0.4 is 15.0 Å². The zero-order valence-corrected chi connectivity index (χ0v) is 29.6. The van der Waals surface area contributed by atoms with Gasteiger partial charge in [-0.2, -0.15) is 4.98 Å². The van der Waals surface area contributed by atoms with Gasteiger partial charge in [-0.05, 0) is 91.5 Å². The third-order valence-corrected chi connectivity index (χ3v) is 7.71. The molecule has 12 heteroatoms. The minimum Gasteiger partial charge on any atom is -0.478 e. The van der Waals surface area contributed by atoms with E-state index in [0.29, 0.717) is 47.8 Å². The number of benzene rings is 2. The molecule has 262 valence electrons. The number of fused-ring (bicyclic) bond motifs is 1. The Hall–Kier alpha value is -5.00. The number of esters is 1. The van der Waals surface area contributed by atoms with Crippen LogP contribution in [0.4, 0.5) is 16.4 Å². The zero-order chi connectivity index (χ0) is 35.9. The summed E-state index contributed by atoms with van der Waals surface area (Å²) in [5.74, 6) is -0.636. The first-order chi connectivity index (χ1) is 23.2. The average Bonchev–Trinajstić information content (AvgIpc) is 3.10. The molecule has 0 saturated heterocycles. The Balaban J connectivity index is 1.56. The van der Waals surface area contributed by atoms with Gasteiger partial charge in [0.25, 0.3) is 11.8 Å². The van der Waals surface area contributed by atoms with E-state index in [0.717, 1.165) is 5.56 Å². The van der Waals surface area contributed by atoms with Crippen molar-refractivity contribution in [2.24, 2.45) is 0 Å². The SMILES string of the molecule is CCOC(=O)CC(C)N1C(=O)c2cc(CCCOc3cc(C)nc(NC(=O)OC(C)(C)C)n3)ccc2N(C(C)C)C(=O)C1c1ccccc1. The molecular formula is C37H47N5O7. The Morgan fingerprint density at radius 2 is 1.71 bits per heavy atom. The summed E-state index contributed by atoms with van der Waals surface area (Å²) < 4.78 is 16.4. The number of carbonyl (C=O) groups is 4. The molecule has 0 spiro atoms. The number of hydrogen-bond donors (Lipinski definition) is 1. The van der Waals surface area contributed by atoms with E-state index in [2.05, 4.69) is 15.3 Å². The summed E-state index contributed by atoms with van der Waals surface area (Å²) in [6.07, 6.45) is 0.446. The monoisotopic (exact) mass is 673 g/mol. The smallest absolute Gasteiger partial charge is 0.414 e. The van der Waals surface area contributed by atoms with Gasteiger partial charge in [-0.1, -0.05) is 36.4 Å². The fourth-order valence-electron chi connectivity index (χ4n) is 5.75. The van der Waals surface area contributed by atoms with Gasteiger partial charge in [-0.15, -0.1) is 0 Å². The van der Waals surface area contributed by atoms with Crippen molar-refractivity contribution < 1.29 is 33.4 Å². The van der Waals surface area contributed by atoms with E-state index in [4.69, 9.17) is 14.2 Å². The molecule has 49 heavy (non-hydrogen) atoms. The molecule has 2 unspecified atom stereocenters. The van der Waals surface area contributed by atoms with Crippen molar-refractivity contribution in [3.05, 3.63) is 77.0 Å². The molecule has 0 fully saturated rings. The molecule has 1 aliphatic heterocycles. The van der Waals surface area contributed by atoms with Crippen LogP contribution in [0.5, 0.6) is 5.88 Å². The molecule has 2 atom stereocenters. The van der Waals surface area contributed by atoms with Crippen LogP contribution in [0.25, 0.3) is 0 Å². The van der Waals surface area contributed by atoms with Gasteiger partial charge < -0.3 is 24.0 Å². The molecule has 1 N–H and O–H groups in total. The molecule has 3 aromatic rings. The van der Waals surface area contributed by atoms with Crippen molar-refractivity contribution in [1.29, 1.82) is 0 Å². The van der Waals surface area contributed by atoms with E-state index in [1.807, 2.05) is 62.4 Å². The van der Waals surface area contributed by atoms with Gasteiger partial charge in [0.05, 0.1) is 30.9 Å². The summed E-state index contributed by atoms with van der Waals surface area (Å²) in [7, 11) is 0. The number of anilines is 2. The fraction of sp³-hybridized carbons (Fsp3) is 0.459. The van der Waals surface area contributed by atoms with Crippen LogP contribution >= 0.6 is 0 Å². The molecule has 2 heterocycles. The molecule has 1 aromatic heterocycles. The minimum absolute atomic E-state index is 0.0538. The molecule has 1 aliphatic rings. The third kappa shape index (κ3) is 9.55. The van der Waals surface area contributed by atoms with Gasteiger partial charge in [0.1, 0.15) is 11.6 Å². The van der Waals surface area contributed by atoms with E-state index in [9.17, 15) is 19.2 Å². The number of ether oxygens (including phenoxy) is 3. The fourth-order valence-corrected chi connectivity index (χ4v) is 5.75. The summed E-state index contributed by atoms with van der Waals surface area (Å²) in [4.78, 5) is 65.4. The number of aromatic nitrogens is 2. The van der Waals surface area contributed by atoms with Crippen molar-refractivity contribution in [1.82, 2.24) is 14.9 Å². The second kappa shape index (κ2) is 15.9. The summed E-state index contributed by atoms with van der Waals surface area (Å²) in [6.45, 7) is 14.9. The predicted molar refractivity (Wildman–Crippen MR) is 186 cm³/mol. The molecule has 4 rings (SSSR count). The van der Waals surface area contributed by atoms with E-state index < -0.39 is 29.7 Å². The number of rotatable bonds is 12. The normalized spacial score (nSPS) is 15.4. The lowest BCUT2D eigenvalue weighted by Gasteiger charge is -2.36. The third-order valence-electron chi connectivity index (χ3n) is 7.71. The Morgan fingerprint density at radius 3 is 2.37 bits per heavy atom. The molecule has 2 aromatic carbocycles. The molecule has 3 amide bonds. The number of aryl methyl sites for hydroxylation is 2. The van der Waals surface area contributed by atoms with Crippen LogP contribution in [0.15, 0.2) is 54.6 Å². The van der Waals surface area contributed by atoms with E-state index in [1.165, 1.54) is 4.90 Å². The van der Waals surface area contributed by atoms with Crippen molar-refractivity contribution in [2.75, 3.05) is 23.4 Å². The second-order valence-corrected chi connectivity index (χ2v) is 13.3. The molecule has 0 bridgehead atoms. The minimum atomic E-state index is -0.934. The number of nitrogens with one attached hydrogen (secondary N) is 1. The highest BCUT2D eigenvalue weighted by molar-refractivity contribution is 6.11. The highest BCUT2D eigenvalue weighted by atomic mass is 16.6. The number of amides is 3. The second-order valence-electron chi connectivity index (χ2n) is 13.3. The lowest BCUT2D eigenvalue weighted by molar-refractivity contribution is -0.144. The Kier molecular flexibility index (Phi) is 12.0. The maximum absolute atomic E-state index is 14.5. The molecular weight excluding hydrogens is 626 g/mol. The van der Waals surface area contributed by atoms with Crippen molar-refractivity contribution in [3.63, 3.8) is 0 Å². The first-order valence-corrected chi connectivity index (χ1v) is 16.7. The first kappa shape index (κ1) is 36.8. The molecule has 0 saturated carbocycles. The standard InChI is InChI=1S/C37H47N5O7/c1-9-47-31(43)21-25(5)42-32(27-15-11-10-12-16-27)34(45)41(23(2)3)29-18-17-26(22-28(29)33(42)44)14-13-19-48-30-20-24(4)38-35(39-30)40-36(46)49-37(6,7)8/h10-12,15-18,20,22-23,25,32H,9,13-14,19,21H2,1-8H3,(H,38,39,40,46). The van der Waals surface area contributed by atoms with Crippen molar-refractivity contribution >= 4 is 35.5 Å². The zero-order valence-electron chi connectivity index (χ0n) is 29.6. The molecule has 0 radical (unpaired) electrons. The number of carbonyl (C=O) groups excluding carboxylic acids is 4. The lowest BCUT2D eigenvalue weighted by Crippen LogP contribution is -2.48. The van der Waals surface area contributed by atoms with Gasteiger partial charge in [0.2, 0.25) is 11.8 Å². The number of nitrogens with zero attached hydrogens (tertiary/aromatic N) is 4. The lowest BCUT2D eigenvalue weighted by atomic mass is 10.00. The molecule has 12 nitrogen and oxygen atoms in total. The van der Waals surface area contributed by atoms with E-state index in [-0.39, 0.29) is 36.8 Å². The quantitative estimate of drug-likeness (QED) is 0.170. The van der Waals surface area contributed by atoms with Crippen LogP contribution in [-0.4, -0.2) is 69.6 Å². The van der Waals surface area contributed by atoms with Gasteiger partial charge in [-0.25, -0.2) is 9.78 Å². The highest BCUT2D eigenvalue weighted by Gasteiger charge is 2.43. The topological polar surface area (TPSA) is 140 Å². The van der Waals surface area contributed by atoms with Crippen LogP contribution in [0.3, 0.4) is 0 Å². The number of hydrogen-bond acceptors (Lipinski definition) is 9. The maximum atomic E-state index is 14.5.